The van der Waals surface area contributed by atoms with E-state index in [4.69, 9.17) is 9.72 Å². The predicted molar refractivity (Wildman–Crippen MR) is 155 cm³/mol. The molecule has 208 valence electrons. The maximum absolute atomic E-state index is 15.1. The van der Waals surface area contributed by atoms with Gasteiger partial charge in [-0.15, -0.1) is 11.3 Å². The van der Waals surface area contributed by atoms with Crippen molar-refractivity contribution < 1.29 is 13.9 Å². The molecule has 3 aromatic rings. The molecular weight excluding hydrogens is 513 g/mol. The maximum atomic E-state index is 15.1. The van der Waals surface area contributed by atoms with Crippen molar-refractivity contribution in [2.45, 2.75) is 38.1 Å². The molecule has 3 aliphatic heterocycles. The second-order valence-electron chi connectivity index (χ2n) is 10.9. The number of hydrogen-bond donors (Lipinski definition) is 1. The number of pyridine rings is 1. The van der Waals surface area contributed by atoms with E-state index in [1.807, 2.05) is 17.5 Å². The fraction of sp³-hybridized carbons (Fsp3) is 0.533. The molecule has 5 heterocycles. The highest BCUT2D eigenvalue weighted by Gasteiger charge is 2.26. The van der Waals surface area contributed by atoms with E-state index in [1.165, 1.54) is 57.9 Å². The summed E-state index contributed by atoms with van der Waals surface area (Å²) in [4.78, 5) is 24.5. The Morgan fingerprint density at radius 1 is 1.05 bits per heavy atom. The van der Waals surface area contributed by atoms with E-state index in [9.17, 15) is 4.79 Å². The number of aromatic nitrogens is 1. The molecule has 1 aromatic carbocycles. The number of amides is 1. The largest absolute Gasteiger partial charge is 0.384 e. The molecule has 0 saturated carbocycles. The Kier molecular flexibility index (Phi) is 8.39. The number of carbonyl (C=O) groups excluding carboxylic acids is 1. The summed E-state index contributed by atoms with van der Waals surface area (Å²) in [6.07, 6.45) is 6.41. The summed E-state index contributed by atoms with van der Waals surface area (Å²) in [5.74, 6) is -0.801. The van der Waals surface area contributed by atoms with Gasteiger partial charge in [-0.25, -0.2) is 9.37 Å². The van der Waals surface area contributed by atoms with Crippen LogP contribution in [0.1, 0.15) is 42.5 Å². The number of carbonyl (C=O) groups is 1. The highest BCUT2D eigenvalue weighted by atomic mass is 32.1. The van der Waals surface area contributed by atoms with Crippen LogP contribution in [0.15, 0.2) is 35.7 Å². The number of piperidine rings is 1. The minimum Gasteiger partial charge on any atom is -0.384 e. The maximum Gasteiger partial charge on any atom is 0.256 e. The molecule has 9 heteroatoms. The van der Waals surface area contributed by atoms with Crippen LogP contribution in [0.5, 0.6) is 0 Å². The molecule has 3 saturated heterocycles. The molecule has 1 amide bonds. The third kappa shape index (κ3) is 6.11. The minimum absolute atomic E-state index is 0.0973. The molecule has 0 spiro atoms. The zero-order valence-electron chi connectivity index (χ0n) is 22.5. The first-order valence-corrected chi connectivity index (χ1v) is 15.3. The van der Waals surface area contributed by atoms with Gasteiger partial charge < -0.3 is 24.8 Å². The van der Waals surface area contributed by atoms with Crippen LogP contribution in [-0.2, 0) is 4.74 Å². The van der Waals surface area contributed by atoms with E-state index < -0.39 is 5.82 Å². The van der Waals surface area contributed by atoms with Crippen LogP contribution in [0.25, 0.3) is 21.5 Å². The van der Waals surface area contributed by atoms with E-state index >= 15 is 4.39 Å². The average molecular weight is 552 g/mol. The minimum atomic E-state index is -0.515. The number of morpholine rings is 1. The van der Waals surface area contributed by atoms with E-state index in [2.05, 4.69) is 15.1 Å². The molecule has 0 unspecified atom stereocenters. The van der Waals surface area contributed by atoms with Gasteiger partial charge in [0.2, 0.25) is 0 Å². The summed E-state index contributed by atoms with van der Waals surface area (Å²) in [6, 6.07) is 9.63. The third-order valence-corrected chi connectivity index (χ3v) is 9.32. The van der Waals surface area contributed by atoms with Gasteiger partial charge in [-0.05, 0) is 94.5 Å². The lowest BCUT2D eigenvalue weighted by atomic mass is 10.0. The number of nitrogens with one attached hydrogen (secondary N) is 1. The monoisotopic (exact) mass is 551 g/mol. The van der Waals surface area contributed by atoms with Gasteiger partial charge in [0.1, 0.15) is 5.82 Å². The van der Waals surface area contributed by atoms with Crippen molar-refractivity contribution >= 4 is 33.1 Å². The first-order valence-electron chi connectivity index (χ1n) is 14.4. The summed E-state index contributed by atoms with van der Waals surface area (Å²) < 4.78 is 21.5. The van der Waals surface area contributed by atoms with Crippen molar-refractivity contribution in [3.05, 3.63) is 47.1 Å². The number of thiophene rings is 1. The zero-order valence-corrected chi connectivity index (χ0v) is 23.4. The number of likely N-dealkylation sites (tertiary alicyclic amines) is 2. The molecule has 0 radical (unpaired) electrons. The fourth-order valence-corrected chi connectivity index (χ4v) is 6.99. The van der Waals surface area contributed by atoms with E-state index in [-0.39, 0.29) is 11.5 Å². The first kappa shape index (κ1) is 26.6. The van der Waals surface area contributed by atoms with Crippen LogP contribution < -0.4 is 5.32 Å². The van der Waals surface area contributed by atoms with Crippen LogP contribution in [0, 0.1) is 5.82 Å². The van der Waals surface area contributed by atoms with Crippen LogP contribution in [-0.4, -0.2) is 97.2 Å². The van der Waals surface area contributed by atoms with Gasteiger partial charge in [0, 0.05) is 31.2 Å². The third-order valence-electron chi connectivity index (χ3n) is 8.39. The molecule has 6 rings (SSSR count). The number of halogens is 1. The Bertz CT molecular complexity index is 1280. The summed E-state index contributed by atoms with van der Waals surface area (Å²) in [6.45, 7) is 8.93. The highest BCUT2D eigenvalue weighted by molar-refractivity contribution is 7.17. The van der Waals surface area contributed by atoms with Crippen molar-refractivity contribution in [3.8, 4) is 11.3 Å². The second kappa shape index (κ2) is 12.3. The highest BCUT2D eigenvalue weighted by Crippen LogP contribution is 2.33. The van der Waals surface area contributed by atoms with E-state index in [0.717, 1.165) is 41.5 Å². The lowest BCUT2D eigenvalue weighted by Crippen LogP contribution is -2.44. The zero-order chi connectivity index (χ0) is 26.6. The summed E-state index contributed by atoms with van der Waals surface area (Å²) in [5.41, 5.74) is 3.41. The van der Waals surface area contributed by atoms with Gasteiger partial charge in [-0.2, -0.15) is 0 Å². The SMILES string of the molecule is O=C(c1ccc(-c2cc(NCCCN3CCC(N4CCCC4)CC3)c3sccc3n2)cc1F)N1CCOCC1. The topological polar surface area (TPSA) is 60.9 Å². The molecule has 3 fully saturated rings. The molecule has 0 aliphatic carbocycles. The fourth-order valence-electron chi connectivity index (χ4n) is 6.16. The number of fused-ring (bicyclic) bond motifs is 1. The van der Waals surface area contributed by atoms with Crippen molar-refractivity contribution in [2.24, 2.45) is 0 Å². The summed E-state index contributed by atoms with van der Waals surface area (Å²) in [7, 11) is 0. The molecule has 1 N–H and O–H groups in total. The van der Waals surface area contributed by atoms with Gasteiger partial charge in [0.15, 0.2) is 0 Å². The van der Waals surface area contributed by atoms with Crippen molar-refractivity contribution in [2.75, 3.05) is 70.9 Å². The number of rotatable bonds is 8. The van der Waals surface area contributed by atoms with Crippen LogP contribution in [0.4, 0.5) is 10.1 Å². The van der Waals surface area contributed by atoms with Gasteiger partial charge in [0.25, 0.3) is 5.91 Å². The Labute approximate surface area is 233 Å². The summed E-state index contributed by atoms with van der Waals surface area (Å²) >= 11 is 1.67. The summed E-state index contributed by atoms with van der Waals surface area (Å²) in [5, 5.41) is 5.68. The molecule has 0 atom stereocenters. The van der Waals surface area contributed by atoms with Crippen LogP contribution >= 0.6 is 11.3 Å². The number of hydrogen-bond acceptors (Lipinski definition) is 7. The van der Waals surface area contributed by atoms with Crippen molar-refractivity contribution in [1.29, 1.82) is 0 Å². The molecule has 39 heavy (non-hydrogen) atoms. The predicted octanol–water partition coefficient (Wildman–Crippen LogP) is 4.94. The van der Waals surface area contributed by atoms with Crippen molar-refractivity contribution in [1.82, 2.24) is 19.7 Å². The number of anilines is 1. The lowest BCUT2D eigenvalue weighted by Gasteiger charge is -2.36. The average Bonchev–Trinajstić information content (AvgIpc) is 3.68. The van der Waals surface area contributed by atoms with Gasteiger partial charge in [-0.1, -0.05) is 6.07 Å². The molecule has 7 nitrogen and oxygen atoms in total. The normalized spacial score (nSPS) is 19.7. The van der Waals surface area contributed by atoms with Gasteiger partial charge >= 0.3 is 0 Å². The molecule has 3 aliphatic rings. The van der Waals surface area contributed by atoms with Gasteiger partial charge in [0.05, 0.1) is 40.4 Å². The molecule has 2 aromatic heterocycles. The Morgan fingerprint density at radius 3 is 2.62 bits per heavy atom. The quantitative estimate of drug-likeness (QED) is 0.401. The lowest BCUT2D eigenvalue weighted by molar-refractivity contribution is 0.0300. The van der Waals surface area contributed by atoms with Crippen LogP contribution in [0.2, 0.25) is 0 Å². The Morgan fingerprint density at radius 2 is 1.85 bits per heavy atom. The van der Waals surface area contributed by atoms with E-state index in [1.54, 1.807) is 28.4 Å². The number of ether oxygens (including phenoxy) is 1. The molecular formula is C30H38FN5O2S. The first-order chi connectivity index (χ1) is 19.2. The molecule has 0 bridgehead atoms. The van der Waals surface area contributed by atoms with Crippen LogP contribution in [0.3, 0.4) is 0 Å². The second-order valence-corrected chi connectivity index (χ2v) is 11.8. The van der Waals surface area contributed by atoms with Crippen molar-refractivity contribution in [3.63, 3.8) is 0 Å². The number of nitrogens with zero attached hydrogens (tertiary/aromatic N) is 4. The number of benzene rings is 1. The Hall–Kier alpha value is -2.59. The standard InChI is InChI=1S/C30H38FN5O2S/c31-25-20-22(4-5-24(25)30(37)36-15-17-38-18-16-36)27-21-28(29-26(33-27)8-19-39-29)32-9-3-10-34-13-6-23(7-14-34)35-11-1-2-12-35/h4-5,8,19-21,23H,1-3,6-7,9-18H2,(H,32,33). The smallest absolute Gasteiger partial charge is 0.256 e. The van der Waals surface area contributed by atoms with Gasteiger partial charge in [-0.3, -0.25) is 4.79 Å². The van der Waals surface area contributed by atoms with E-state index in [0.29, 0.717) is 37.6 Å². The Balaban J connectivity index is 1.08.